The average molecular weight is 296 g/mol. The van der Waals surface area contributed by atoms with Crippen LogP contribution >= 0.6 is 0 Å². The number of carbonyl (C=O) groups is 1. The van der Waals surface area contributed by atoms with E-state index < -0.39 is 5.97 Å². The Hall–Kier alpha value is -2.62. The van der Waals surface area contributed by atoms with Gasteiger partial charge in [0.05, 0.1) is 17.5 Å². The summed E-state index contributed by atoms with van der Waals surface area (Å²) in [7, 11) is 0. The van der Waals surface area contributed by atoms with Crippen molar-refractivity contribution in [3.8, 4) is 0 Å². The number of hydrogen-bond acceptors (Lipinski definition) is 3. The maximum absolute atomic E-state index is 11.1. The summed E-state index contributed by atoms with van der Waals surface area (Å²) < 4.78 is 0. The smallest absolute Gasteiger partial charge is 0.337 e. The zero-order valence-corrected chi connectivity index (χ0v) is 13.0. The van der Waals surface area contributed by atoms with Crippen LogP contribution in [-0.4, -0.2) is 17.3 Å². The minimum Gasteiger partial charge on any atom is -0.478 e. The molecule has 0 fully saturated rings. The van der Waals surface area contributed by atoms with Gasteiger partial charge < -0.3 is 5.11 Å². The lowest BCUT2D eigenvalue weighted by Gasteiger charge is -2.18. The third-order valence-corrected chi connectivity index (χ3v) is 3.33. The van der Waals surface area contributed by atoms with Crippen LogP contribution in [0.1, 0.15) is 42.3 Å². The summed E-state index contributed by atoms with van der Waals surface area (Å²) in [6, 6.07) is 14.8. The molecule has 0 heterocycles. The minimum absolute atomic E-state index is 0.119. The van der Waals surface area contributed by atoms with Gasteiger partial charge >= 0.3 is 5.97 Å². The SMILES string of the molecule is CC(C)(C)c1ccc(/C=N/Nc2ccccc2C(=O)O)cc1. The van der Waals surface area contributed by atoms with Crippen LogP contribution in [0.3, 0.4) is 0 Å². The Bertz CT molecular complexity index is 683. The van der Waals surface area contributed by atoms with Gasteiger partial charge in [-0.15, -0.1) is 0 Å². The molecule has 0 aliphatic rings. The molecule has 0 saturated carbocycles. The Labute approximate surface area is 130 Å². The van der Waals surface area contributed by atoms with Crippen molar-refractivity contribution in [3.05, 3.63) is 65.2 Å². The number of aromatic carboxylic acids is 1. The summed E-state index contributed by atoms with van der Waals surface area (Å²) in [4.78, 5) is 11.1. The van der Waals surface area contributed by atoms with Crippen LogP contribution in [0.5, 0.6) is 0 Å². The van der Waals surface area contributed by atoms with Crippen molar-refractivity contribution >= 4 is 17.9 Å². The molecule has 2 aromatic carbocycles. The highest BCUT2D eigenvalue weighted by atomic mass is 16.4. The highest BCUT2D eigenvalue weighted by Gasteiger charge is 2.12. The molecule has 0 amide bonds. The third-order valence-electron chi connectivity index (χ3n) is 3.33. The largest absolute Gasteiger partial charge is 0.478 e. The molecule has 4 nitrogen and oxygen atoms in total. The predicted octanol–water partition coefficient (Wildman–Crippen LogP) is 4.13. The van der Waals surface area contributed by atoms with Crippen molar-refractivity contribution in [3.63, 3.8) is 0 Å². The number of carboxylic acids is 1. The molecule has 22 heavy (non-hydrogen) atoms. The highest BCUT2D eigenvalue weighted by molar-refractivity contribution is 5.94. The molecular weight excluding hydrogens is 276 g/mol. The van der Waals surface area contributed by atoms with E-state index in [0.717, 1.165) is 5.56 Å². The van der Waals surface area contributed by atoms with Crippen molar-refractivity contribution in [2.45, 2.75) is 26.2 Å². The maximum atomic E-state index is 11.1. The van der Waals surface area contributed by atoms with Crippen molar-refractivity contribution in [1.82, 2.24) is 0 Å². The molecule has 4 heteroatoms. The lowest BCUT2D eigenvalue weighted by Crippen LogP contribution is -2.10. The molecule has 0 spiro atoms. The van der Waals surface area contributed by atoms with Gasteiger partial charge in [0.15, 0.2) is 0 Å². The van der Waals surface area contributed by atoms with Crippen LogP contribution < -0.4 is 5.43 Å². The van der Waals surface area contributed by atoms with Gasteiger partial charge in [-0.3, -0.25) is 5.43 Å². The van der Waals surface area contributed by atoms with Crippen LogP contribution in [0.15, 0.2) is 53.6 Å². The number of nitrogens with zero attached hydrogens (tertiary/aromatic N) is 1. The Balaban J connectivity index is 2.09. The number of para-hydroxylation sites is 1. The van der Waals surface area contributed by atoms with Gasteiger partial charge in [0.2, 0.25) is 0 Å². The first-order valence-electron chi connectivity index (χ1n) is 7.10. The second-order valence-corrected chi connectivity index (χ2v) is 6.09. The average Bonchev–Trinajstić information content (AvgIpc) is 2.47. The molecule has 0 atom stereocenters. The molecule has 2 rings (SSSR count). The molecule has 2 aromatic rings. The van der Waals surface area contributed by atoms with Crippen LogP contribution in [0.25, 0.3) is 0 Å². The molecule has 0 aliphatic heterocycles. The van der Waals surface area contributed by atoms with E-state index in [-0.39, 0.29) is 11.0 Å². The van der Waals surface area contributed by atoms with Crippen molar-refractivity contribution < 1.29 is 9.90 Å². The molecule has 0 unspecified atom stereocenters. The second kappa shape index (κ2) is 6.43. The summed E-state index contributed by atoms with van der Waals surface area (Å²) in [5.74, 6) is -0.979. The first-order chi connectivity index (χ1) is 10.4. The van der Waals surface area contributed by atoms with E-state index in [9.17, 15) is 4.79 Å². The fourth-order valence-electron chi connectivity index (χ4n) is 2.01. The molecule has 114 valence electrons. The third kappa shape index (κ3) is 3.95. The van der Waals surface area contributed by atoms with E-state index in [1.807, 2.05) is 12.1 Å². The standard InChI is InChI=1S/C18H20N2O2/c1-18(2,3)14-10-8-13(9-11-14)12-19-20-16-7-5-4-6-15(16)17(21)22/h4-12,20H,1-3H3,(H,21,22)/b19-12+. The number of hydrazone groups is 1. The number of hydrogen-bond donors (Lipinski definition) is 2. The Morgan fingerprint density at radius 3 is 2.32 bits per heavy atom. The zero-order chi connectivity index (χ0) is 16.2. The van der Waals surface area contributed by atoms with Gasteiger partial charge in [-0.1, -0.05) is 57.2 Å². The van der Waals surface area contributed by atoms with Crippen LogP contribution in [0.4, 0.5) is 5.69 Å². The quantitative estimate of drug-likeness (QED) is 0.658. The maximum Gasteiger partial charge on any atom is 0.337 e. The lowest BCUT2D eigenvalue weighted by atomic mass is 9.87. The first kappa shape index (κ1) is 15.8. The molecular formula is C18H20N2O2. The van der Waals surface area contributed by atoms with Gasteiger partial charge in [0, 0.05) is 0 Å². The van der Waals surface area contributed by atoms with Crippen molar-refractivity contribution in [1.29, 1.82) is 0 Å². The molecule has 0 bridgehead atoms. The van der Waals surface area contributed by atoms with E-state index in [2.05, 4.69) is 43.4 Å². The monoisotopic (exact) mass is 296 g/mol. The summed E-state index contributed by atoms with van der Waals surface area (Å²) in [5.41, 5.74) is 5.77. The Morgan fingerprint density at radius 2 is 1.73 bits per heavy atom. The van der Waals surface area contributed by atoms with Gasteiger partial charge in [-0.2, -0.15) is 5.10 Å². The zero-order valence-electron chi connectivity index (χ0n) is 13.0. The summed E-state index contributed by atoms with van der Waals surface area (Å²) >= 11 is 0. The molecule has 0 aromatic heterocycles. The van der Waals surface area contributed by atoms with Crippen LogP contribution in [0.2, 0.25) is 0 Å². The first-order valence-corrected chi connectivity index (χ1v) is 7.10. The normalized spacial score (nSPS) is 11.6. The Morgan fingerprint density at radius 1 is 1.09 bits per heavy atom. The lowest BCUT2D eigenvalue weighted by molar-refractivity contribution is 0.0698. The van der Waals surface area contributed by atoms with Crippen molar-refractivity contribution in [2.75, 3.05) is 5.43 Å². The molecule has 0 saturated heterocycles. The van der Waals surface area contributed by atoms with E-state index >= 15 is 0 Å². The van der Waals surface area contributed by atoms with E-state index in [1.54, 1.807) is 24.4 Å². The molecule has 2 N–H and O–H groups in total. The van der Waals surface area contributed by atoms with E-state index in [4.69, 9.17) is 5.11 Å². The molecule has 0 radical (unpaired) electrons. The van der Waals surface area contributed by atoms with E-state index in [1.165, 1.54) is 11.6 Å². The summed E-state index contributed by atoms with van der Waals surface area (Å²) in [5, 5.41) is 13.2. The fourth-order valence-corrected chi connectivity index (χ4v) is 2.01. The number of nitrogens with one attached hydrogen (secondary N) is 1. The second-order valence-electron chi connectivity index (χ2n) is 6.09. The summed E-state index contributed by atoms with van der Waals surface area (Å²) in [6.07, 6.45) is 1.67. The number of benzene rings is 2. The van der Waals surface area contributed by atoms with Crippen LogP contribution in [0, 0.1) is 0 Å². The van der Waals surface area contributed by atoms with Gasteiger partial charge in [0.1, 0.15) is 0 Å². The number of rotatable bonds is 4. The van der Waals surface area contributed by atoms with Gasteiger partial charge in [-0.25, -0.2) is 4.79 Å². The minimum atomic E-state index is -0.979. The fraction of sp³-hybridized carbons (Fsp3) is 0.222. The number of carboxylic acid groups (broad SMARTS) is 1. The van der Waals surface area contributed by atoms with Gasteiger partial charge in [-0.05, 0) is 28.7 Å². The predicted molar refractivity (Wildman–Crippen MR) is 89.8 cm³/mol. The number of anilines is 1. The summed E-state index contributed by atoms with van der Waals surface area (Å²) in [6.45, 7) is 6.50. The molecule has 0 aliphatic carbocycles. The van der Waals surface area contributed by atoms with Crippen molar-refractivity contribution in [2.24, 2.45) is 5.10 Å². The highest BCUT2D eigenvalue weighted by Crippen LogP contribution is 2.21. The van der Waals surface area contributed by atoms with E-state index in [0.29, 0.717) is 5.69 Å². The topological polar surface area (TPSA) is 61.7 Å². The Kier molecular flexibility index (Phi) is 4.61. The van der Waals surface area contributed by atoms with Crippen LogP contribution in [-0.2, 0) is 5.41 Å². The van der Waals surface area contributed by atoms with Gasteiger partial charge in [0.25, 0.3) is 0 Å².